The molecule has 6 amide bonds. The first-order chi connectivity index (χ1) is 65.7. The van der Waals surface area contributed by atoms with E-state index < -0.39 is 22.4 Å². The molecule has 18 nitrogen and oxygen atoms in total. The average Bonchev–Trinajstić information content (AvgIpc) is 1.54. The van der Waals surface area contributed by atoms with Gasteiger partial charge in [-0.3, -0.25) is 33.6 Å². The molecule has 18 aliphatic carbocycles. The molecule has 41 atom stereocenters. The zero-order valence-electron chi connectivity index (χ0n) is 94.3. The molecule has 0 radical (unpaired) electrons. The Hall–Kier alpha value is -3.01. The Morgan fingerprint density at radius 2 is 0.618 bits per heavy atom. The number of ketones is 1. The normalized spacial score (nSPS) is 52.0. The quantitative estimate of drug-likeness (QED) is 0.0936. The Morgan fingerprint density at radius 1 is 0.326 bits per heavy atom. The number of Topliss-reactive ketones (excluding diaryl/α,β-unsaturated/α-hetero) is 1. The summed E-state index contributed by atoms with van der Waals surface area (Å²) in [5.41, 5.74) is -0.516. The molecule has 12 unspecified atom stereocenters. The zero-order chi connectivity index (χ0) is 101. The van der Waals surface area contributed by atoms with E-state index in [0.29, 0.717) is 172 Å². The number of amides is 6. The van der Waals surface area contributed by atoms with Crippen LogP contribution in [0.2, 0.25) is 0 Å². The number of halogens is 1. The second kappa shape index (κ2) is 40.9. The summed E-state index contributed by atoms with van der Waals surface area (Å²) in [6.45, 7) is 34.9. The molecule has 144 heavy (non-hydrogen) atoms. The van der Waals surface area contributed by atoms with Crippen LogP contribution in [0, 0.1) is 204 Å². The first-order valence-electron chi connectivity index (χ1n) is 57.8. The van der Waals surface area contributed by atoms with Gasteiger partial charge in [-0.2, -0.15) is 0 Å². The van der Waals surface area contributed by atoms with E-state index in [4.69, 9.17) is 12.8 Å². The molecule has 5 N–H and O–H groups in total. The number of aliphatic hydroxyl groups excluding tert-OH is 1. The first kappa shape index (κ1) is 117. The molecular weight excluding hydrogens is 1860 g/mol. The fourth-order valence-electron chi connectivity index (χ4n) is 43.7. The van der Waals surface area contributed by atoms with Gasteiger partial charge in [-0.15, -0.1) is 6.42 Å². The molecule has 798 valence electrons. The number of carbonyl (C=O) groups is 7. The molecule has 0 spiro atoms. The van der Waals surface area contributed by atoms with Crippen molar-refractivity contribution in [1.29, 1.82) is 0 Å². The van der Waals surface area contributed by atoms with Crippen molar-refractivity contribution in [3.05, 3.63) is 26.0 Å². The predicted molar refractivity (Wildman–Crippen MR) is 563 cm³/mol. The van der Waals surface area contributed by atoms with Crippen molar-refractivity contribution in [1.82, 2.24) is 29.4 Å². The van der Waals surface area contributed by atoms with Gasteiger partial charge in [-0.1, -0.05) is 102 Å². The van der Waals surface area contributed by atoms with Gasteiger partial charge in [-0.25, -0.2) is 0 Å². The van der Waals surface area contributed by atoms with Gasteiger partial charge in [0.05, 0.1) is 22.9 Å². The number of likely N-dealkylation sites (N-methyl/N-ethyl adjacent to an activating group) is 1. The Morgan fingerprint density at radius 3 is 1.00 bits per heavy atom. The molecule has 18 saturated carbocycles. The molecular formula is C123H194BrLiMgN6O12. The van der Waals surface area contributed by atoms with Crippen molar-refractivity contribution in [3.8, 4) is 18.8 Å². The maximum absolute atomic E-state index is 12.4. The Kier molecular flexibility index (Phi) is 33.1. The van der Waals surface area contributed by atoms with Crippen LogP contribution in [-0.4, -0.2) is 226 Å². The van der Waals surface area contributed by atoms with Crippen LogP contribution in [0.5, 0.6) is 0 Å². The maximum Gasteiger partial charge on any atom is 2.00 e. The monoisotopic (exact) mass is 2060 g/mol. The molecule has 21 heteroatoms. The van der Waals surface area contributed by atoms with E-state index in [9.17, 15) is 59.1 Å². The second-order valence-corrected chi connectivity index (χ2v) is 56.5. The zero-order valence-corrected chi connectivity index (χ0v) is 97.3. The Bertz CT molecular complexity index is 4850. The maximum atomic E-state index is 12.4. The molecule has 24 rings (SSSR count). The summed E-state index contributed by atoms with van der Waals surface area (Å²) < 4.78 is 0. The number of hydrogen-bond donors (Lipinski definition) is 5. The van der Waals surface area contributed by atoms with E-state index in [-0.39, 0.29) is 127 Å². The average molecular weight is 2060 g/mol. The largest absolute Gasteiger partial charge is 2.00 e. The molecule has 23 fully saturated rings. The summed E-state index contributed by atoms with van der Waals surface area (Å²) in [6, 6.07) is 2.51. The summed E-state index contributed by atoms with van der Waals surface area (Å²) in [5, 5.41) is 54.7. The summed E-state index contributed by atoms with van der Waals surface area (Å²) in [5.74, 6) is 17.6. The Balaban J connectivity index is 0.000000136. The first-order valence-corrected chi connectivity index (χ1v) is 57.8. The van der Waals surface area contributed by atoms with Crippen LogP contribution in [-0.2, 0) is 33.6 Å². The molecule has 5 saturated heterocycles. The minimum atomic E-state index is -0.917. The molecule has 6 heterocycles. The van der Waals surface area contributed by atoms with Crippen molar-refractivity contribution >= 4 is 64.3 Å². The van der Waals surface area contributed by atoms with E-state index in [1.807, 2.05) is 57.0 Å². The van der Waals surface area contributed by atoms with Gasteiger partial charge < -0.3 is 92.2 Å². The fourth-order valence-corrected chi connectivity index (χ4v) is 43.7. The Labute approximate surface area is 910 Å². The van der Waals surface area contributed by atoms with Gasteiger partial charge in [-0.05, 0) is 438 Å². The summed E-state index contributed by atoms with van der Waals surface area (Å²) >= 11 is 0. The predicted octanol–water partition coefficient (Wildman–Crippen LogP) is 15.1. The van der Waals surface area contributed by atoms with Gasteiger partial charge in [0.25, 0.3) is 0 Å². The van der Waals surface area contributed by atoms with Crippen LogP contribution in [0.25, 0.3) is 0 Å². The smallest absolute Gasteiger partial charge is 1.00 e. The van der Waals surface area contributed by atoms with E-state index in [2.05, 4.69) is 137 Å². The van der Waals surface area contributed by atoms with Crippen molar-refractivity contribution in [2.75, 3.05) is 42.3 Å². The van der Waals surface area contributed by atoms with Crippen molar-refractivity contribution in [2.45, 2.75) is 470 Å². The van der Waals surface area contributed by atoms with Gasteiger partial charge in [0.1, 0.15) is 11.4 Å². The van der Waals surface area contributed by atoms with Gasteiger partial charge in [0, 0.05) is 133 Å². The van der Waals surface area contributed by atoms with Crippen LogP contribution in [0.4, 0.5) is 0 Å². The van der Waals surface area contributed by atoms with E-state index in [1.165, 1.54) is 116 Å². The molecule has 0 aromatic heterocycles. The third-order valence-corrected chi connectivity index (χ3v) is 53.0. The van der Waals surface area contributed by atoms with Crippen molar-refractivity contribution in [2.24, 2.45) is 172 Å². The molecule has 0 bridgehead atoms. The van der Waals surface area contributed by atoms with Crippen LogP contribution < -0.4 is 35.8 Å². The van der Waals surface area contributed by atoms with Gasteiger partial charge in [0.15, 0.2) is 0 Å². The number of likely N-dealkylation sites (tertiary alicyclic amines) is 5. The summed E-state index contributed by atoms with van der Waals surface area (Å²) in [4.78, 5) is 97.5. The number of carbonyl (C=O) groups excluding carboxylic acids is 7. The van der Waals surface area contributed by atoms with Crippen LogP contribution in [0.3, 0.4) is 0 Å². The van der Waals surface area contributed by atoms with Crippen LogP contribution in [0.1, 0.15) is 406 Å². The number of rotatable bonds is 1. The van der Waals surface area contributed by atoms with Gasteiger partial charge >= 0.3 is 41.9 Å². The number of aliphatic hydroxyl groups is 5. The number of fused-ring (bicyclic) bond motifs is 30. The third-order valence-electron chi connectivity index (χ3n) is 53.0. The number of piperidine rings is 5. The van der Waals surface area contributed by atoms with E-state index in [1.54, 1.807) is 6.08 Å². The topological polar surface area (TPSA) is 240 Å². The third kappa shape index (κ3) is 17.3. The van der Waals surface area contributed by atoms with Crippen molar-refractivity contribution < 1.29 is 94.9 Å². The molecule has 6 aliphatic heterocycles. The second-order valence-electron chi connectivity index (χ2n) is 56.5. The SMILES string of the molecule is C#C[C@]1(O)CC[C@H]2C3CC[C@H]4N(C)C(=O)CC[C@]4(C)C3CC[C@@]21C.CC[C@]1(O)CC[C@H]2C3CC[C@H]4N(C)C(=O)CC[C@]4(C)C3CC[C@@]21C.CN1C(=O)C=C[C@]2(C)C3CC[C@@]4(C)[C@@H](CC[C@]4(C)O)C3CC[C@@H]12.CN1C(=O)CC[C@]2(C)C3CC[C@@]4(C)[C@@H](CC[C@]4(C)O)C3CC[C@@H]12.CN1C(=O)CC[C@]2(C)C3CC[C@]4(C)C(=O)CC[C@H]4C3CC[C@@H]12.CN1C(=O)CC[C@]2(C)C3CC[C@]4(C)[C@@H](O)CC[C@H]4C3CC[C@@H]12.[Br-].[C-]#C.[CH3-].[Li+].[Mg+2]. The minimum Gasteiger partial charge on any atom is -1.00 e. The van der Waals surface area contributed by atoms with E-state index >= 15 is 0 Å². The van der Waals surface area contributed by atoms with Crippen LogP contribution in [0.15, 0.2) is 12.2 Å². The molecule has 0 aromatic carbocycles. The fraction of sp³-hybridized carbons (Fsp3) is 0.886. The molecule has 24 aliphatic rings. The van der Waals surface area contributed by atoms with Crippen LogP contribution >= 0.6 is 0 Å². The summed E-state index contributed by atoms with van der Waals surface area (Å²) in [6.07, 6.45) is 69.2. The summed E-state index contributed by atoms with van der Waals surface area (Å²) in [7, 11) is 12.1. The number of terminal acetylenes is 2. The van der Waals surface area contributed by atoms with Gasteiger partial charge in [0.2, 0.25) is 35.4 Å². The van der Waals surface area contributed by atoms with E-state index in [0.717, 1.165) is 209 Å². The number of hydrogen-bond acceptors (Lipinski definition) is 12. The molecule has 0 aromatic rings. The van der Waals surface area contributed by atoms with Crippen molar-refractivity contribution in [3.63, 3.8) is 0 Å². The minimum absolute atomic E-state index is 0. The standard InChI is InChI=1S/C21H35NO2.C21H31NO2.C20H33NO2.C20H31NO2.C19H31NO2.C19H29NO2.C2H.CH3.BrH.Li.Mg/c2*1-5-21(24)13-9-16-14-6-7-17-19(2,11-10-18(23)22(17)4)15(14)8-12-20(16,21)3;2*1-18-10-9-17(22)21(4)16(18)6-5-13-14(18)7-11-19(2)15(13)8-12-20(19,3)23;2*1-18-11-9-17(22)20(3)15(18)6-4-12-13-5-7-16(21)19(13,2)10-8-14(12)18;1-2;;;;/h14-17,24H,5-13H2,1-4H3;1,14-17,24H,6-13H2,2-4H3;13-16,23H,5-12H2,1-4H3;9-10,13-16,23H,5-8,11-12H2,1-4H3;12-16,21H,4-11H2,1-3H3;12-15H,4-11H2,1-3H3;1H;1H3;1H;;/q;;;;;;2*-1;;+1;+2/p-1/t2*14?,15?,16-,17+,19+,20-,21-;2*13?,14?,15-,16+,18+,19-,20-;12?,13-,14?,15+,16-,18+,19-;12?,13-,14?,15+,18+,19-;;;;;/m000000...../s1. The number of nitrogens with zero attached hydrogens (tertiary/aromatic N) is 6.